The highest BCUT2D eigenvalue weighted by molar-refractivity contribution is 7.21. The van der Waals surface area contributed by atoms with E-state index in [1.54, 1.807) is 55.9 Å². The van der Waals surface area contributed by atoms with Crippen LogP contribution >= 0.6 is 22.9 Å². The van der Waals surface area contributed by atoms with Crippen molar-refractivity contribution in [3.63, 3.8) is 0 Å². The number of hydrogen-bond acceptors (Lipinski definition) is 5. The van der Waals surface area contributed by atoms with Crippen molar-refractivity contribution in [3.8, 4) is 22.1 Å². The number of fused-ring (bicyclic) bond motifs is 1. The maximum absolute atomic E-state index is 12.4. The zero-order chi connectivity index (χ0) is 21.1. The number of para-hydroxylation sites is 1. The Bertz CT molecular complexity index is 1170. The van der Waals surface area contributed by atoms with Gasteiger partial charge in [0, 0.05) is 35.1 Å². The summed E-state index contributed by atoms with van der Waals surface area (Å²) >= 11 is 8.05. The minimum Gasteiger partial charge on any atom is -0.497 e. The molecule has 30 heavy (non-hydrogen) atoms. The molecule has 6 nitrogen and oxygen atoms in total. The van der Waals surface area contributed by atoms with Gasteiger partial charge < -0.3 is 20.1 Å². The summed E-state index contributed by atoms with van der Waals surface area (Å²) in [6.07, 6.45) is 0. The number of amides is 2. The van der Waals surface area contributed by atoms with E-state index in [0.29, 0.717) is 27.9 Å². The number of aromatic nitrogens is 1. The van der Waals surface area contributed by atoms with E-state index in [9.17, 15) is 4.79 Å². The zero-order valence-electron chi connectivity index (χ0n) is 16.2. The molecule has 2 N–H and O–H groups in total. The van der Waals surface area contributed by atoms with Crippen molar-refractivity contribution >= 4 is 50.6 Å². The number of nitrogens with one attached hydrogen (secondary N) is 2. The van der Waals surface area contributed by atoms with Crippen LogP contribution in [0.1, 0.15) is 0 Å². The normalized spacial score (nSPS) is 10.6. The SMILES string of the molecule is COc1cc(NC(=O)Nc2ccc(-c3nc4ccccc4s3)c(Cl)c2)cc(OC)c1. The van der Waals surface area contributed by atoms with Gasteiger partial charge in [0.1, 0.15) is 16.5 Å². The van der Waals surface area contributed by atoms with E-state index < -0.39 is 6.03 Å². The summed E-state index contributed by atoms with van der Waals surface area (Å²) in [6, 6.07) is 18.0. The van der Waals surface area contributed by atoms with Gasteiger partial charge in [-0.1, -0.05) is 23.7 Å². The molecule has 2 amide bonds. The van der Waals surface area contributed by atoms with Gasteiger partial charge in [-0.2, -0.15) is 0 Å². The van der Waals surface area contributed by atoms with Crippen molar-refractivity contribution in [2.75, 3.05) is 24.9 Å². The first-order valence-electron chi connectivity index (χ1n) is 9.02. The lowest BCUT2D eigenvalue weighted by atomic mass is 10.2. The summed E-state index contributed by atoms with van der Waals surface area (Å²) in [5.41, 5.74) is 2.86. The van der Waals surface area contributed by atoms with E-state index in [0.717, 1.165) is 20.8 Å². The molecule has 0 atom stereocenters. The minimum absolute atomic E-state index is 0.408. The van der Waals surface area contributed by atoms with Crippen molar-refractivity contribution in [1.82, 2.24) is 4.98 Å². The molecule has 0 spiro atoms. The standard InChI is InChI=1S/C22H18ClN3O3S/c1-28-15-9-14(10-16(12-15)29-2)25-22(27)24-13-7-8-17(18(23)11-13)21-26-19-5-3-4-6-20(19)30-21/h3-12H,1-2H3,(H2,24,25,27). The predicted octanol–water partition coefficient (Wildman–Crippen LogP) is 6.28. The number of carbonyl (C=O) groups is 1. The van der Waals surface area contributed by atoms with Gasteiger partial charge in [-0.15, -0.1) is 11.3 Å². The molecule has 0 bridgehead atoms. The van der Waals surface area contributed by atoms with E-state index in [1.807, 2.05) is 30.3 Å². The first kappa shape index (κ1) is 20.0. The highest BCUT2D eigenvalue weighted by Gasteiger charge is 2.12. The average Bonchev–Trinajstić information content (AvgIpc) is 3.17. The van der Waals surface area contributed by atoms with E-state index in [-0.39, 0.29) is 0 Å². The van der Waals surface area contributed by atoms with Gasteiger partial charge in [0.2, 0.25) is 0 Å². The van der Waals surface area contributed by atoms with Crippen molar-refractivity contribution < 1.29 is 14.3 Å². The summed E-state index contributed by atoms with van der Waals surface area (Å²) in [5, 5.41) is 6.88. The third kappa shape index (κ3) is 4.32. The average molecular weight is 440 g/mol. The quantitative estimate of drug-likeness (QED) is 0.384. The molecule has 0 aliphatic rings. The molecule has 1 heterocycles. The fraction of sp³-hybridized carbons (Fsp3) is 0.0909. The molecule has 0 fully saturated rings. The molecular weight excluding hydrogens is 422 g/mol. The van der Waals surface area contributed by atoms with Crippen molar-refractivity contribution in [3.05, 3.63) is 65.7 Å². The van der Waals surface area contributed by atoms with E-state index in [2.05, 4.69) is 15.6 Å². The van der Waals surface area contributed by atoms with Crippen LogP contribution < -0.4 is 20.1 Å². The van der Waals surface area contributed by atoms with Crippen LogP contribution in [0, 0.1) is 0 Å². The third-order valence-electron chi connectivity index (χ3n) is 4.36. The number of methoxy groups -OCH3 is 2. The van der Waals surface area contributed by atoms with E-state index >= 15 is 0 Å². The number of nitrogens with zero attached hydrogens (tertiary/aromatic N) is 1. The molecule has 1 aromatic heterocycles. The smallest absolute Gasteiger partial charge is 0.323 e. The maximum atomic E-state index is 12.4. The lowest BCUT2D eigenvalue weighted by molar-refractivity contribution is 0.262. The van der Waals surface area contributed by atoms with Gasteiger partial charge in [0.05, 0.1) is 29.5 Å². The summed E-state index contributed by atoms with van der Waals surface area (Å²) < 4.78 is 11.5. The number of benzene rings is 3. The highest BCUT2D eigenvalue weighted by atomic mass is 35.5. The molecule has 4 aromatic rings. The van der Waals surface area contributed by atoms with Crippen molar-refractivity contribution in [1.29, 1.82) is 0 Å². The second-order valence-electron chi connectivity index (χ2n) is 6.36. The molecular formula is C22H18ClN3O3S. The first-order valence-corrected chi connectivity index (χ1v) is 10.2. The highest BCUT2D eigenvalue weighted by Crippen LogP contribution is 2.35. The Morgan fingerprint density at radius 3 is 2.30 bits per heavy atom. The second-order valence-corrected chi connectivity index (χ2v) is 7.80. The van der Waals surface area contributed by atoms with Gasteiger partial charge in [-0.3, -0.25) is 0 Å². The Labute approximate surface area is 182 Å². The van der Waals surface area contributed by atoms with Crippen LogP contribution in [0.15, 0.2) is 60.7 Å². The van der Waals surface area contributed by atoms with Crippen molar-refractivity contribution in [2.24, 2.45) is 0 Å². The zero-order valence-corrected chi connectivity index (χ0v) is 17.8. The number of ether oxygens (including phenoxy) is 2. The van der Waals surface area contributed by atoms with Crippen LogP contribution in [-0.2, 0) is 0 Å². The molecule has 0 saturated carbocycles. The number of thiazole rings is 1. The van der Waals surface area contributed by atoms with Crippen LogP contribution in [0.5, 0.6) is 11.5 Å². The van der Waals surface area contributed by atoms with Gasteiger partial charge >= 0.3 is 6.03 Å². The minimum atomic E-state index is -0.408. The number of hydrogen-bond donors (Lipinski definition) is 2. The lowest BCUT2D eigenvalue weighted by Gasteiger charge is -2.11. The fourth-order valence-electron chi connectivity index (χ4n) is 2.93. The first-order chi connectivity index (χ1) is 14.6. The Morgan fingerprint density at radius 1 is 0.933 bits per heavy atom. The third-order valence-corrected chi connectivity index (χ3v) is 5.74. The van der Waals surface area contributed by atoms with E-state index in [1.165, 1.54) is 0 Å². The second kappa shape index (κ2) is 8.61. The number of urea groups is 1. The molecule has 0 saturated heterocycles. The summed E-state index contributed by atoms with van der Waals surface area (Å²) in [7, 11) is 3.10. The Morgan fingerprint density at radius 2 is 1.63 bits per heavy atom. The number of rotatable bonds is 5. The van der Waals surface area contributed by atoms with Gasteiger partial charge in [-0.25, -0.2) is 9.78 Å². The largest absolute Gasteiger partial charge is 0.497 e. The molecule has 0 radical (unpaired) electrons. The number of halogens is 1. The molecule has 3 aromatic carbocycles. The Balaban J connectivity index is 1.50. The van der Waals surface area contributed by atoms with Gasteiger partial charge in [-0.05, 0) is 30.3 Å². The molecule has 8 heteroatoms. The Hall–Kier alpha value is -3.29. The molecule has 0 unspecified atom stereocenters. The van der Waals surface area contributed by atoms with Crippen LogP contribution in [0.2, 0.25) is 5.02 Å². The van der Waals surface area contributed by atoms with Crippen molar-refractivity contribution in [2.45, 2.75) is 0 Å². The number of anilines is 2. The summed E-state index contributed by atoms with van der Waals surface area (Å²) in [5.74, 6) is 1.15. The molecule has 0 aliphatic carbocycles. The topological polar surface area (TPSA) is 72.5 Å². The van der Waals surface area contributed by atoms with E-state index in [4.69, 9.17) is 21.1 Å². The summed E-state index contributed by atoms with van der Waals surface area (Å²) in [6.45, 7) is 0. The van der Waals surface area contributed by atoms with Crippen LogP contribution in [0.4, 0.5) is 16.2 Å². The molecule has 0 aliphatic heterocycles. The molecule has 152 valence electrons. The monoisotopic (exact) mass is 439 g/mol. The van der Waals surface area contributed by atoms with Gasteiger partial charge in [0.15, 0.2) is 0 Å². The number of carbonyl (C=O) groups excluding carboxylic acids is 1. The summed E-state index contributed by atoms with van der Waals surface area (Å²) in [4.78, 5) is 17.0. The molecule has 4 rings (SSSR count). The van der Waals surface area contributed by atoms with Crippen LogP contribution in [0.25, 0.3) is 20.8 Å². The Kier molecular flexibility index (Phi) is 5.74. The maximum Gasteiger partial charge on any atom is 0.323 e. The predicted molar refractivity (Wildman–Crippen MR) is 122 cm³/mol. The van der Waals surface area contributed by atoms with Crippen LogP contribution in [-0.4, -0.2) is 25.2 Å². The fourth-order valence-corrected chi connectivity index (χ4v) is 4.26. The lowest BCUT2D eigenvalue weighted by Crippen LogP contribution is -2.19. The van der Waals surface area contributed by atoms with Crippen LogP contribution in [0.3, 0.4) is 0 Å². The van der Waals surface area contributed by atoms with Gasteiger partial charge in [0.25, 0.3) is 0 Å².